The largest absolute Gasteiger partial charge is 0.377 e. The standard InChI is InChI=1S/C12H15NO/c1-9(14-3)10-5-4-6-12-11(10)7-8-13(12)2/h4-9H,1-3H3. The summed E-state index contributed by atoms with van der Waals surface area (Å²) in [4.78, 5) is 0. The van der Waals surface area contributed by atoms with Gasteiger partial charge in [0.2, 0.25) is 0 Å². The second kappa shape index (κ2) is 3.46. The predicted octanol–water partition coefficient (Wildman–Crippen LogP) is 2.89. The number of nitrogens with zero attached hydrogens (tertiary/aromatic N) is 1. The Morgan fingerprint density at radius 2 is 2.07 bits per heavy atom. The number of methoxy groups -OCH3 is 1. The molecule has 0 N–H and O–H groups in total. The third-order valence-corrected chi connectivity index (χ3v) is 2.75. The number of rotatable bonds is 2. The Bertz CT molecular complexity index is 445. The maximum absolute atomic E-state index is 5.34. The minimum Gasteiger partial charge on any atom is -0.377 e. The van der Waals surface area contributed by atoms with Gasteiger partial charge in [-0.2, -0.15) is 0 Å². The Kier molecular flexibility index (Phi) is 2.30. The highest BCUT2D eigenvalue weighted by Gasteiger charge is 2.09. The molecule has 1 heterocycles. The van der Waals surface area contributed by atoms with Gasteiger partial charge in [-0.25, -0.2) is 0 Å². The van der Waals surface area contributed by atoms with Gasteiger partial charge in [0, 0.05) is 31.3 Å². The van der Waals surface area contributed by atoms with Crippen LogP contribution in [0.1, 0.15) is 18.6 Å². The molecule has 0 fully saturated rings. The van der Waals surface area contributed by atoms with Gasteiger partial charge in [-0.1, -0.05) is 12.1 Å². The third kappa shape index (κ3) is 1.32. The molecule has 0 amide bonds. The summed E-state index contributed by atoms with van der Waals surface area (Å²) < 4.78 is 7.47. The second-order valence-electron chi connectivity index (χ2n) is 3.58. The number of benzene rings is 1. The van der Waals surface area contributed by atoms with E-state index in [2.05, 4.69) is 49.0 Å². The molecule has 1 aromatic carbocycles. The van der Waals surface area contributed by atoms with Crippen molar-refractivity contribution < 1.29 is 4.74 Å². The number of fused-ring (bicyclic) bond motifs is 1. The van der Waals surface area contributed by atoms with Crippen molar-refractivity contribution in [3.63, 3.8) is 0 Å². The van der Waals surface area contributed by atoms with Crippen LogP contribution in [0, 0.1) is 0 Å². The summed E-state index contributed by atoms with van der Waals surface area (Å²) in [5.74, 6) is 0. The zero-order valence-electron chi connectivity index (χ0n) is 8.82. The molecule has 0 bridgehead atoms. The van der Waals surface area contributed by atoms with Crippen molar-refractivity contribution >= 4 is 10.9 Å². The SMILES string of the molecule is COC(C)c1cccc2c1ccn2C. The second-order valence-corrected chi connectivity index (χ2v) is 3.58. The molecule has 1 aromatic heterocycles. The molecule has 0 saturated carbocycles. The fraction of sp³-hybridized carbons (Fsp3) is 0.333. The number of hydrogen-bond donors (Lipinski definition) is 0. The van der Waals surface area contributed by atoms with Crippen molar-refractivity contribution in [3.05, 3.63) is 36.0 Å². The fourth-order valence-corrected chi connectivity index (χ4v) is 1.81. The summed E-state index contributed by atoms with van der Waals surface area (Å²) in [5.41, 5.74) is 2.51. The Balaban J connectivity index is 2.65. The van der Waals surface area contributed by atoms with Gasteiger partial charge >= 0.3 is 0 Å². The molecule has 74 valence electrons. The van der Waals surface area contributed by atoms with Crippen LogP contribution in [0.4, 0.5) is 0 Å². The molecule has 1 unspecified atom stereocenters. The first-order valence-corrected chi connectivity index (χ1v) is 4.81. The quantitative estimate of drug-likeness (QED) is 0.708. The van der Waals surface area contributed by atoms with Crippen molar-refractivity contribution in [2.45, 2.75) is 13.0 Å². The van der Waals surface area contributed by atoms with Gasteiger partial charge < -0.3 is 9.30 Å². The van der Waals surface area contributed by atoms with Gasteiger partial charge in [-0.05, 0) is 24.6 Å². The Morgan fingerprint density at radius 3 is 2.79 bits per heavy atom. The lowest BCUT2D eigenvalue weighted by Crippen LogP contribution is -1.96. The van der Waals surface area contributed by atoms with Gasteiger partial charge in [0.15, 0.2) is 0 Å². The Morgan fingerprint density at radius 1 is 1.29 bits per heavy atom. The van der Waals surface area contributed by atoms with E-state index in [1.807, 2.05) is 0 Å². The molecule has 1 atom stereocenters. The molecule has 2 heteroatoms. The van der Waals surface area contributed by atoms with E-state index in [-0.39, 0.29) is 6.10 Å². The van der Waals surface area contributed by atoms with Crippen molar-refractivity contribution in [1.29, 1.82) is 0 Å². The Hall–Kier alpha value is -1.28. The first-order valence-electron chi connectivity index (χ1n) is 4.81. The van der Waals surface area contributed by atoms with Crippen molar-refractivity contribution in [2.24, 2.45) is 7.05 Å². The highest BCUT2D eigenvalue weighted by Crippen LogP contribution is 2.26. The molecule has 2 rings (SSSR count). The lowest BCUT2D eigenvalue weighted by molar-refractivity contribution is 0.121. The molecule has 2 nitrogen and oxygen atoms in total. The minimum atomic E-state index is 0.154. The number of aromatic nitrogens is 1. The minimum absolute atomic E-state index is 0.154. The van der Waals surface area contributed by atoms with E-state index in [1.54, 1.807) is 7.11 Å². The van der Waals surface area contributed by atoms with Crippen LogP contribution in [0.3, 0.4) is 0 Å². The van der Waals surface area contributed by atoms with Gasteiger partial charge in [0.05, 0.1) is 6.10 Å². The summed E-state index contributed by atoms with van der Waals surface area (Å²) >= 11 is 0. The maximum Gasteiger partial charge on any atom is 0.0799 e. The highest BCUT2D eigenvalue weighted by atomic mass is 16.5. The monoisotopic (exact) mass is 189 g/mol. The summed E-state index contributed by atoms with van der Waals surface area (Å²) in [6.07, 6.45) is 2.23. The van der Waals surface area contributed by atoms with Crippen LogP contribution in [-0.2, 0) is 11.8 Å². The van der Waals surface area contributed by atoms with Gasteiger partial charge in [-0.3, -0.25) is 0 Å². The van der Waals surface area contributed by atoms with E-state index in [0.29, 0.717) is 0 Å². The summed E-state index contributed by atoms with van der Waals surface area (Å²) in [7, 11) is 3.80. The molecule has 0 radical (unpaired) electrons. The van der Waals surface area contributed by atoms with E-state index in [9.17, 15) is 0 Å². The molecule has 2 aromatic rings. The maximum atomic E-state index is 5.34. The zero-order chi connectivity index (χ0) is 10.1. The van der Waals surface area contributed by atoms with Crippen LogP contribution >= 0.6 is 0 Å². The fourth-order valence-electron chi connectivity index (χ4n) is 1.81. The topological polar surface area (TPSA) is 14.2 Å². The van der Waals surface area contributed by atoms with E-state index in [4.69, 9.17) is 4.74 Å². The van der Waals surface area contributed by atoms with Crippen molar-refractivity contribution in [2.75, 3.05) is 7.11 Å². The van der Waals surface area contributed by atoms with Crippen LogP contribution in [0.5, 0.6) is 0 Å². The highest BCUT2D eigenvalue weighted by molar-refractivity contribution is 5.83. The summed E-state index contributed by atoms with van der Waals surface area (Å²) in [6, 6.07) is 8.46. The van der Waals surface area contributed by atoms with Crippen molar-refractivity contribution in [3.8, 4) is 0 Å². The average Bonchev–Trinajstić information content (AvgIpc) is 2.59. The average molecular weight is 189 g/mol. The first-order chi connectivity index (χ1) is 6.74. The first kappa shape index (κ1) is 9.28. The lowest BCUT2D eigenvalue weighted by Gasteiger charge is -2.11. The lowest BCUT2D eigenvalue weighted by atomic mass is 10.1. The van der Waals surface area contributed by atoms with Crippen LogP contribution in [0.15, 0.2) is 30.5 Å². The van der Waals surface area contributed by atoms with E-state index in [0.717, 1.165) is 0 Å². The molecule has 0 aliphatic rings. The molecular formula is C12H15NO. The zero-order valence-corrected chi connectivity index (χ0v) is 8.82. The molecule has 0 saturated heterocycles. The van der Waals surface area contributed by atoms with Crippen LogP contribution in [-0.4, -0.2) is 11.7 Å². The van der Waals surface area contributed by atoms with Gasteiger partial charge in [-0.15, -0.1) is 0 Å². The van der Waals surface area contributed by atoms with E-state index >= 15 is 0 Å². The van der Waals surface area contributed by atoms with Gasteiger partial charge in [0.25, 0.3) is 0 Å². The molecular weight excluding hydrogens is 174 g/mol. The van der Waals surface area contributed by atoms with E-state index < -0.39 is 0 Å². The van der Waals surface area contributed by atoms with Gasteiger partial charge in [0.1, 0.15) is 0 Å². The van der Waals surface area contributed by atoms with E-state index in [1.165, 1.54) is 16.5 Å². The smallest absolute Gasteiger partial charge is 0.0799 e. The normalized spacial score (nSPS) is 13.4. The summed E-state index contributed by atoms with van der Waals surface area (Å²) in [6.45, 7) is 2.07. The van der Waals surface area contributed by atoms with Crippen LogP contribution in [0.2, 0.25) is 0 Å². The van der Waals surface area contributed by atoms with Crippen molar-refractivity contribution in [1.82, 2.24) is 4.57 Å². The number of ether oxygens (including phenoxy) is 1. The van der Waals surface area contributed by atoms with Crippen LogP contribution < -0.4 is 0 Å². The molecule has 0 spiro atoms. The Labute approximate surface area is 84.1 Å². The molecule has 0 aliphatic carbocycles. The number of hydrogen-bond acceptors (Lipinski definition) is 1. The third-order valence-electron chi connectivity index (χ3n) is 2.75. The molecule has 0 aliphatic heterocycles. The predicted molar refractivity (Wildman–Crippen MR) is 58.3 cm³/mol. The number of aryl methyl sites for hydroxylation is 1. The molecule has 14 heavy (non-hydrogen) atoms. The van der Waals surface area contributed by atoms with Crippen LogP contribution in [0.25, 0.3) is 10.9 Å². The summed E-state index contributed by atoms with van der Waals surface area (Å²) in [5, 5.41) is 1.28.